The van der Waals surface area contributed by atoms with Crippen LogP contribution in [0.25, 0.3) is 0 Å². The Morgan fingerprint density at radius 2 is 1.86 bits per heavy atom. The number of rotatable bonds is 5. The van der Waals surface area contributed by atoms with E-state index < -0.39 is 5.60 Å². The lowest BCUT2D eigenvalue weighted by Gasteiger charge is -2.40. The highest BCUT2D eigenvalue weighted by atomic mass is 16.6. The van der Waals surface area contributed by atoms with Crippen LogP contribution in [0, 0.1) is 0 Å². The molecule has 2 rings (SSSR count). The molecule has 0 spiro atoms. The molecule has 0 atom stereocenters. The average Bonchev–Trinajstić information content (AvgIpc) is 2.55. The molecule has 2 amide bonds. The molecule has 1 heterocycles. The summed E-state index contributed by atoms with van der Waals surface area (Å²) in [5.41, 5.74) is 1.48. The number of nitrogens with zero attached hydrogens (tertiary/aromatic N) is 2. The van der Waals surface area contributed by atoms with Crippen LogP contribution in [0.2, 0.25) is 0 Å². The highest BCUT2D eigenvalue weighted by molar-refractivity contribution is 5.88. The number of hydrogen-bond acceptors (Lipinski definition) is 4. The smallest absolute Gasteiger partial charge is 0.410 e. The zero-order valence-corrected chi connectivity index (χ0v) is 17.3. The van der Waals surface area contributed by atoms with Crippen LogP contribution in [-0.4, -0.2) is 61.2 Å². The molecule has 0 aromatic heterocycles. The fourth-order valence-corrected chi connectivity index (χ4v) is 2.72. The topological polar surface area (TPSA) is 95.1 Å². The van der Waals surface area contributed by atoms with Gasteiger partial charge in [0.2, 0.25) is 5.91 Å². The molecule has 154 valence electrons. The number of benzene rings is 1. The molecule has 3 N–H and O–H groups in total. The third-order valence-corrected chi connectivity index (χ3v) is 4.08. The van der Waals surface area contributed by atoms with Crippen molar-refractivity contribution < 1.29 is 14.3 Å². The number of aliphatic imine (C=N–C) groups is 1. The number of guanidine groups is 1. The molecule has 28 heavy (non-hydrogen) atoms. The van der Waals surface area contributed by atoms with Gasteiger partial charge in [-0.15, -0.1) is 0 Å². The number of anilines is 1. The van der Waals surface area contributed by atoms with Gasteiger partial charge < -0.3 is 25.6 Å². The van der Waals surface area contributed by atoms with Gasteiger partial charge in [0.05, 0.1) is 6.04 Å². The molecular formula is C20H31N5O3. The lowest BCUT2D eigenvalue weighted by atomic mass is 10.1. The Bertz CT molecular complexity index is 704. The van der Waals surface area contributed by atoms with Gasteiger partial charge in [-0.25, -0.2) is 4.79 Å². The van der Waals surface area contributed by atoms with E-state index in [4.69, 9.17) is 4.74 Å². The molecule has 1 aliphatic rings. The molecule has 8 heteroatoms. The summed E-state index contributed by atoms with van der Waals surface area (Å²) in [5, 5.41) is 9.34. The first kappa shape index (κ1) is 21.5. The first-order chi connectivity index (χ1) is 13.2. The second kappa shape index (κ2) is 9.43. The average molecular weight is 390 g/mol. The molecule has 0 aliphatic carbocycles. The summed E-state index contributed by atoms with van der Waals surface area (Å²) in [4.78, 5) is 28.9. The normalized spacial score (nSPS) is 14.9. The maximum atomic E-state index is 12.0. The fraction of sp³-hybridized carbons (Fsp3) is 0.550. The van der Waals surface area contributed by atoms with Gasteiger partial charge in [0.1, 0.15) is 5.60 Å². The van der Waals surface area contributed by atoms with Crippen LogP contribution in [0.15, 0.2) is 29.3 Å². The summed E-state index contributed by atoms with van der Waals surface area (Å²) >= 11 is 0. The van der Waals surface area contributed by atoms with Crippen molar-refractivity contribution in [2.24, 2.45) is 4.99 Å². The fourth-order valence-electron chi connectivity index (χ4n) is 2.72. The Balaban J connectivity index is 1.69. The lowest BCUT2D eigenvalue weighted by Crippen LogP contribution is -2.63. The highest BCUT2D eigenvalue weighted by Crippen LogP contribution is 2.15. The Labute approximate surface area is 166 Å². The van der Waals surface area contributed by atoms with Gasteiger partial charge in [-0.3, -0.25) is 9.79 Å². The van der Waals surface area contributed by atoms with E-state index in [0.717, 1.165) is 24.2 Å². The van der Waals surface area contributed by atoms with E-state index in [2.05, 4.69) is 20.9 Å². The quantitative estimate of drug-likeness (QED) is 0.529. The van der Waals surface area contributed by atoms with Crippen molar-refractivity contribution in [1.82, 2.24) is 15.5 Å². The van der Waals surface area contributed by atoms with Gasteiger partial charge in [0.25, 0.3) is 0 Å². The van der Waals surface area contributed by atoms with Gasteiger partial charge in [-0.2, -0.15) is 0 Å². The van der Waals surface area contributed by atoms with Gasteiger partial charge in [0, 0.05) is 39.3 Å². The minimum Gasteiger partial charge on any atom is -0.444 e. The van der Waals surface area contributed by atoms with Crippen molar-refractivity contribution in [3.8, 4) is 0 Å². The van der Waals surface area contributed by atoms with Crippen LogP contribution in [0.5, 0.6) is 0 Å². The zero-order chi connectivity index (χ0) is 20.7. The third-order valence-electron chi connectivity index (χ3n) is 4.08. The predicted octanol–water partition coefficient (Wildman–Crippen LogP) is 1.97. The van der Waals surface area contributed by atoms with Gasteiger partial charge in [-0.1, -0.05) is 12.1 Å². The molecule has 1 aromatic rings. The minimum atomic E-state index is -0.479. The van der Waals surface area contributed by atoms with Crippen molar-refractivity contribution in [2.45, 2.75) is 45.8 Å². The number of hydrogen-bond donors (Lipinski definition) is 3. The second-order valence-electron chi connectivity index (χ2n) is 7.85. The van der Waals surface area contributed by atoms with E-state index in [0.29, 0.717) is 19.0 Å². The van der Waals surface area contributed by atoms with Crippen molar-refractivity contribution >= 4 is 23.6 Å². The van der Waals surface area contributed by atoms with E-state index in [1.165, 1.54) is 6.92 Å². The van der Waals surface area contributed by atoms with Crippen LogP contribution in [0.3, 0.4) is 0 Å². The number of ether oxygens (including phenoxy) is 1. The Morgan fingerprint density at radius 1 is 1.21 bits per heavy atom. The summed E-state index contributed by atoms with van der Waals surface area (Å²) < 4.78 is 5.35. The summed E-state index contributed by atoms with van der Waals surface area (Å²) in [6.07, 6.45) is 0.548. The van der Waals surface area contributed by atoms with Gasteiger partial charge in [-0.05, 0) is 44.9 Å². The molecule has 0 radical (unpaired) electrons. The largest absolute Gasteiger partial charge is 0.444 e. The van der Waals surface area contributed by atoms with E-state index in [1.807, 2.05) is 45.0 Å². The maximum Gasteiger partial charge on any atom is 0.410 e. The standard InChI is InChI=1S/C20H31N5O3/c1-14(26)23-16-8-6-15(7-9-16)10-11-22-18(21-5)24-17-12-25(13-17)19(27)28-20(2,3)4/h6-9,17H,10-13H2,1-5H3,(H,23,26)(H2,21,22,24). The number of amides is 2. The van der Waals surface area contributed by atoms with Crippen molar-refractivity contribution in [3.63, 3.8) is 0 Å². The molecule has 1 saturated heterocycles. The van der Waals surface area contributed by atoms with Crippen molar-refractivity contribution in [1.29, 1.82) is 0 Å². The summed E-state index contributed by atoms with van der Waals surface area (Å²) in [5.74, 6) is 0.634. The van der Waals surface area contributed by atoms with Gasteiger partial charge >= 0.3 is 6.09 Å². The first-order valence-electron chi connectivity index (χ1n) is 9.48. The van der Waals surface area contributed by atoms with Crippen LogP contribution in [0.4, 0.5) is 10.5 Å². The number of carbonyl (C=O) groups is 2. The Kier molecular flexibility index (Phi) is 7.25. The van der Waals surface area contributed by atoms with E-state index in [9.17, 15) is 9.59 Å². The molecule has 1 fully saturated rings. The predicted molar refractivity (Wildman–Crippen MR) is 111 cm³/mol. The van der Waals surface area contributed by atoms with Gasteiger partial charge in [0.15, 0.2) is 5.96 Å². The number of nitrogens with one attached hydrogen (secondary N) is 3. The zero-order valence-electron chi connectivity index (χ0n) is 17.3. The number of likely N-dealkylation sites (tertiary alicyclic amines) is 1. The van der Waals surface area contributed by atoms with Crippen LogP contribution in [-0.2, 0) is 16.0 Å². The molecule has 0 bridgehead atoms. The second-order valence-corrected chi connectivity index (χ2v) is 7.85. The molecule has 1 aromatic carbocycles. The monoisotopic (exact) mass is 389 g/mol. The Hall–Kier alpha value is -2.77. The molecule has 0 unspecified atom stereocenters. The van der Waals surface area contributed by atoms with E-state index >= 15 is 0 Å². The van der Waals surface area contributed by atoms with Crippen LogP contribution < -0.4 is 16.0 Å². The summed E-state index contributed by atoms with van der Waals surface area (Å²) in [6, 6.07) is 7.93. The first-order valence-corrected chi connectivity index (χ1v) is 9.48. The SMILES string of the molecule is CN=C(NCCc1ccc(NC(C)=O)cc1)NC1CN(C(=O)OC(C)(C)C)C1. The summed E-state index contributed by atoms with van der Waals surface area (Å²) in [6.45, 7) is 8.99. The molecule has 8 nitrogen and oxygen atoms in total. The molecule has 1 aliphatic heterocycles. The van der Waals surface area contributed by atoms with E-state index in [1.54, 1.807) is 11.9 Å². The molecular weight excluding hydrogens is 358 g/mol. The van der Waals surface area contributed by atoms with E-state index in [-0.39, 0.29) is 18.0 Å². The van der Waals surface area contributed by atoms with Crippen LogP contribution in [0.1, 0.15) is 33.3 Å². The Morgan fingerprint density at radius 3 is 2.39 bits per heavy atom. The molecule has 0 saturated carbocycles. The van der Waals surface area contributed by atoms with Crippen LogP contribution >= 0.6 is 0 Å². The lowest BCUT2D eigenvalue weighted by molar-refractivity contribution is -0.114. The maximum absolute atomic E-state index is 12.0. The summed E-state index contributed by atoms with van der Waals surface area (Å²) in [7, 11) is 1.72. The minimum absolute atomic E-state index is 0.0782. The third kappa shape index (κ3) is 7.09. The van der Waals surface area contributed by atoms with Crippen molar-refractivity contribution in [2.75, 3.05) is 32.0 Å². The van der Waals surface area contributed by atoms with Crippen molar-refractivity contribution in [3.05, 3.63) is 29.8 Å². The highest BCUT2D eigenvalue weighted by Gasteiger charge is 2.34. The number of carbonyl (C=O) groups excluding carboxylic acids is 2.